The van der Waals surface area contributed by atoms with Gasteiger partial charge in [0.15, 0.2) is 0 Å². The van der Waals surface area contributed by atoms with Crippen LogP contribution in [-0.4, -0.2) is 20.9 Å². The first kappa shape index (κ1) is 16.7. The molecule has 1 aliphatic heterocycles. The van der Waals surface area contributed by atoms with Crippen LogP contribution in [0.4, 0.5) is 24.9 Å². The fourth-order valence-electron chi connectivity index (χ4n) is 2.33. The molecular formula is C13H8Cl2F3N5O. The maximum absolute atomic E-state index is 12.9. The minimum atomic E-state index is -4.63. The zero-order valence-corrected chi connectivity index (χ0v) is 13.2. The predicted octanol–water partition coefficient (Wildman–Crippen LogP) is 2.87. The molecule has 0 aromatic carbocycles. The van der Waals surface area contributed by atoms with Crippen molar-refractivity contribution in [2.45, 2.75) is 19.1 Å². The van der Waals surface area contributed by atoms with E-state index in [-0.39, 0.29) is 35.6 Å². The number of anilines is 2. The Morgan fingerprint density at radius 2 is 2.00 bits per heavy atom. The average molecular weight is 378 g/mol. The average Bonchev–Trinajstić information content (AvgIpc) is 2.77. The summed E-state index contributed by atoms with van der Waals surface area (Å²) in [5.41, 5.74) is 4.73. The summed E-state index contributed by atoms with van der Waals surface area (Å²) in [6, 6.07) is 0.766. The Balaban J connectivity index is 2.01. The molecule has 0 saturated carbocycles. The van der Waals surface area contributed by atoms with Crippen LogP contribution in [0.2, 0.25) is 10.2 Å². The number of aromatic nitrogens is 3. The molecule has 1 aliphatic rings. The van der Waals surface area contributed by atoms with Gasteiger partial charge in [-0.25, -0.2) is 4.98 Å². The molecule has 0 radical (unpaired) electrons. The van der Waals surface area contributed by atoms with Crippen molar-refractivity contribution >= 4 is 40.9 Å². The van der Waals surface area contributed by atoms with E-state index in [9.17, 15) is 18.0 Å². The van der Waals surface area contributed by atoms with Crippen molar-refractivity contribution < 1.29 is 18.0 Å². The topological polar surface area (TPSA) is 85.0 Å². The Bertz CT molecular complexity index is 843. The number of hydrogen-bond donors (Lipinski definition) is 1. The lowest BCUT2D eigenvalue weighted by atomic mass is 10.2. The normalized spacial score (nSPS) is 14.2. The highest BCUT2D eigenvalue weighted by atomic mass is 35.5. The van der Waals surface area contributed by atoms with E-state index in [0.717, 1.165) is 17.2 Å². The van der Waals surface area contributed by atoms with Crippen molar-refractivity contribution in [2.24, 2.45) is 0 Å². The zero-order chi connectivity index (χ0) is 17.6. The van der Waals surface area contributed by atoms with Gasteiger partial charge in [0.1, 0.15) is 11.0 Å². The highest BCUT2D eigenvalue weighted by molar-refractivity contribution is 6.32. The number of alkyl halides is 3. The molecule has 0 saturated heterocycles. The van der Waals surface area contributed by atoms with Crippen LogP contribution in [-0.2, 0) is 23.9 Å². The highest BCUT2D eigenvalue weighted by Gasteiger charge is 2.36. The monoisotopic (exact) mass is 377 g/mol. The summed E-state index contributed by atoms with van der Waals surface area (Å²) in [7, 11) is 0. The quantitative estimate of drug-likeness (QED) is 0.813. The lowest BCUT2D eigenvalue weighted by Crippen LogP contribution is -2.27. The predicted molar refractivity (Wildman–Crippen MR) is 80.6 cm³/mol. The Kier molecular flexibility index (Phi) is 4.00. The molecule has 0 fully saturated rings. The number of nitrogens with zero attached hydrogens (tertiary/aromatic N) is 4. The van der Waals surface area contributed by atoms with Crippen molar-refractivity contribution in [1.82, 2.24) is 15.0 Å². The molecule has 2 aromatic heterocycles. The fraction of sp³-hybridized carbons (Fsp3) is 0.231. The Morgan fingerprint density at radius 3 is 2.67 bits per heavy atom. The van der Waals surface area contributed by atoms with Gasteiger partial charge in [0.2, 0.25) is 11.9 Å². The van der Waals surface area contributed by atoms with E-state index in [2.05, 4.69) is 15.0 Å². The van der Waals surface area contributed by atoms with Crippen LogP contribution in [0, 0.1) is 0 Å². The molecule has 1 amide bonds. The number of halogens is 5. The SMILES string of the molecule is Nc1nc(Cl)c2c(n1)N(Cc1nccc(C(F)(F)F)c1Cl)C(=O)C2. The zero-order valence-electron chi connectivity index (χ0n) is 11.7. The van der Waals surface area contributed by atoms with Crippen molar-refractivity contribution in [3.63, 3.8) is 0 Å². The van der Waals surface area contributed by atoms with Gasteiger partial charge < -0.3 is 5.73 Å². The fourth-order valence-corrected chi connectivity index (χ4v) is 2.85. The number of fused-ring (bicyclic) bond motifs is 1. The maximum Gasteiger partial charge on any atom is 0.417 e. The van der Waals surface area contributed by atoms with Crippen LogP contribution in [0.3, 0.4) is 0 Å². The largest absolute Gasteiger partial charge is 0.417 e. The number of nitrogen functional groups attached to an aromatic ring is 1. The first-order chi connectivity index (χ1) is 11.2. The molecule has 0 bridgehead atoms. The number of pyridine rings is 1. The second kappa shape index (κ2) is 5.75. The molecule has 6 nitrogen and oxygen atoms in total. The van der Waals surface area contributed by atoms with Crippen LogP contribution < -0.4 is 10.6 Å². The number of nitrogens with two attached hydrogens (primary N) is 1. The smallest absolute Gasteiger partial charge is 0.368 e. The molecule has 126 valence electrons. The van der Waals surface area contributed by atoms with E-state index < -0.39 is 22.7 Å². The molecule has 2 N–H and O–H groups in total. The van der Waals surface area contributed by atoms with Gasteiger partial charge in [-0.3, -0.25) is 14.7 Å². The highest BCUT2D eigenvalue weighted by Crippen LogP contribution is 2.37. The lowest BCUT2D eigenvalue weighted by molar-refractivity contribution is -0.137. The number of rotatable bonds is 2. The summed E-state index contributed by atoms with van der Waals surface area (Å²) in [5.74, 6) is -0.420. The van der Waals surface area contributed by atoms with Gasteiger partial charge in [0.25, 0.3) is 0 Å². The summed E-state index contributed by atoms with van der Waals surface area (Å²) < 4.78 is 38.7. The van der Waals surface area contributed by atoms with E-state index >= 15 is 0 Å². The van der Waals surface area contributed by atoms with Gasteiger partial charge >= 0.3 is 6.18 Å². The molecule has 11 heteroatoms. The molecule has 0 spiro atoms. The summed E-state index contributed by atoms with van der Waals surface area (Å²) in [4.78, 5) is 24.8. The van der Waals surface area contributed by atoms with Gasteiger partial charge in [-0.2, -0.15) is 18.2 Å². The maximum atomic E-state index is 12.9. The van der Waals surface area contributed by atoms with E-state index in [4.69, 9.17) is 28.9 Å². The van der Waals surface area contributed by atoms with Crippen molar-refractivity contribution in [2.75, 3.05) is 10.6 Å². The standard InChI is InChI=1S/C13H8Cl2F3N5O/c14-9-6(13(16,17)18)1-2-20-7(9)4-23-8(24)3-5-10(15)21-12(19)22-11(5)23/h1-2H,3-4H2,(H2,19,21,22). The Hall–Kier alpha value is -2.13. The molecule has 0 aliphatic carbocycles. The van der Waals surface area contributed by atoms with Gasteiger partial charge in [-0.1, -0.05) is 23.2 Å². The van der Waals surface area contributed by atoms with Crippen LogP contribution in [0.15, 0.2) is 12.3 Å². The molecule has 0 unspecified atom stereocenters. The molecule has 0 atom stereocenters. The molecule has 3 heterocycles. The van der Waals surface area contributed by atoms with Crippen LogP contribution in [0.5, 0.6) is 0 Å². The third-order valence-electron chi connectivity index (χ3n) is 3.41. The number of carbonyl (C=O) groups is 1. The van der Waals surface area contributed by atoms with Gasteiger partial charge in [-0.15, -0.1) is 0 Å². The first-order valence-electron chi connectivity index (χ1n) is 6.51. The second-order valence-corrected chi connectivity index (χ2v) is 5.68. The molecule has 3 rings (SSSR count). The summed E-state index contributed by atoms with van der Waals surface area (Å²) >= 11 is 11.7. The van der Waals surface area contributed by atoms with Crippen molar-refractivity contribution in [3.8, 4) is 0 Å². The second-order valence-electron chi connectivity index (χ2n) is 4.95. The van der Waals surface area contributed by atoms with Gasteiger partial charge in [0, 0.05) is 11.8 Å². The minimum absolute atomic E-state index is 0.0245. The molecular weight excluding hydrogens is 370 g/mol. The Morgan fingerprint density at radius 1 is 1.29 bits per heavy atom. The van der Waals surface area contributed by atoms with Crippen LogP contribution in [0.1, 0.15) is 16.8 Å². The van der Waals surface area contributed by atoms with E-state index in [1.165, 1.54) is 0 Å². The molecule has 2 aromatic rings. The van der Waals surface area contributed by atoms with E-state index in [0.29, 0.717) is 5.56 Å². The third-order valence-corrected chi connectivity index (χ3v) is 4.15. The summed E-state index contributed by atoms with van der Waals surface area (Å²) in [5, 5.41) is -0.546. The van der Waals surface area contributed by atoms with E-state index in [1.54, 1.807) is 0 Å². The molecule has 24 heavy (non-hydrogen) atoms. The number of carbonyl (C=O) groups excluding carboxylic acids is 1. The van der Waals surface area contributed by atoms with Gasteiger partial charge in [-0.05, 0) is 6.07 Å². The van der Waals surface area contributed by atoms with Crippen molar-refractivity contribution in [1.29, 1.82) is 0 Å². The van der Waals surface area contributed by atoms with E-state index in [1.807, 2.05) is 0 Å². The third kappa shape index (κ3) is 2.84. The van der Waals surface area contributed by atoms with Crippen molar-refractivity contribution in [3.05, 3.63) is 39.3 Å². The Labute approximate surface area is 143 Å². The lowest BCUT2D eigenvalue weighted by Gasteiger charge is -2.18. The van der Waals surface area contributed by atoms with Crippen LogP contribution >= 0.6 is 23.2 Å². The summed E-state index contributed by atoms with van der Waals surface area (Å²) in [6.45, 7) is -0.290. The van der Waals surface area contributed by atoms with Crippen LogP contribution in [0.25, 0.3) is 0 Å². The number of amides is 1. The van der Waals surface area contributed by atoms with Gasteiger partial charge in [0.05, 0.1) is 29.2 Å². The first-order valence-corrected chi connectivity index (χ1v) is 7.27. The summed E-state index contributed by atoms with van der Waals surface area (Å²) in [6.07, 6.45) is -3.73. The number of hydrogen-bond acceptors (Lipinski definition) is 5. The minimum Gasteiger partial charge on any atom is -0.368 e.